The largest absolute Gasteiger partial charge is 0.496 e. The van der Waals surface area contributed by atoms with E-state index >= 15 is 0 Å². The Morgan fingerprint density at radius 3 is 2.83 bits per heavy atom. The van der Waals surface area contributed by atoms with E-state index < -0.39 is 0 Å². The molecule has 1 aromatic carbocycles. The Bertz CT molecular complexity index is 468. The maximum atomic E-state index is 10.5. The van der Waals surface area contributed by atoms with Gasteiger partial charge in [-0.3, -0.25) is 10.1 Å². The minimum absolute atomic E-state index is 0.0152. The molecule has 96 valence electrons. The molecule has 4 heteroatoms. The van der Waals surface area contributed by atoms with E-state index in [-0.39, 0.29) is 11.5 Å². The number of benzene rings is 1. The smallest absolute Gasteiger partial charge is 0.224 e. The van der Waals surface area contributed by atoms with Crippen molar-refractivity contribution in [3.8, 4) is 5.75 Å². The van der Waals surface area contributed by atoms with Crippen LogP contribution in [0.15, 0.2) is 35.9 Å². The molecule has 2 rings (SSSR count). The lowest BCUT2D eigenvalue weighted by molar-refractivity contribution is -0.471. The highest BCUT2D eigenvalue weighted by atomic mass is 16.6. The summed E-state index contributed by atoms with van der Waals surface area (Å²) in [5, 5.41) is 10.5. The zero-order valence-electron chi connectivity index (χ0n) is 10.5. The molecule has 0 saturated heterocycles. The number of nitro groups is 1. The van der Waals surface area contributed by atoms with Crippen LogP contribution in [0.25, 0.3) is 0 Å². The number of rotatable bonds is 4. The molecule has 1 aliphatic carbocycles. The third-order valence-corrected chi connectivity index (χ3v) is 3.42. The first-order chi connectivity index (χ1) is 8.70. The molecule has 0 amide bonds. The molecule has 0 bridgehead atoms. The number of nitrogens with zero attached hydrogens (tertiary/aromatic N) is 1. The van der Waals surface area contributed by atoms with Gasteiger partial charge in [0, 0.05) is 4.92 Å². The van der Waals surface area contributed by atoms with Crippen LogP contribution < -0.4 is 4.74 Å². The Hall–Kier alpha value is -1.84. The summed E-state index contributed by atoms with van der Waals surface area (Å²) in [5.41, 5.74) is 2.16. The molecular formula is C14H17NO3. The lowest BCUT2D eigenvalue weighted by Crippen LogP contribution is -2.11. The second-order valence-corrected chi connectivity index (χ2v) is 4.57. The summed E-state index contributed by atoms with van der Waals surface area (Å²) < 4.78 is 5.36. The van der Waals surface area contributed by atoms with Gasteiger partial charge in [-0.15, -0.1) is 0 Å². The van der Waals surface area contributed by atoms with Gasteiger partial charge in [0.1, 0.15) is 5.75 Å². The molecule has 0 heterocycles. The van der Waals surface area contributed by atoms with Crippen molar-refractivity contribution in [1.82, 2.24) is 0 Å². The van der Waals surface area contributed by atoms with E-state index in [4.69, 9.17) is 4.74 Å². The molecule has 0 spiro atoms. The Morgan fingerprint density at radius 1 is 1.44 bits per heavy atom. The molecular weight excluding hydrogens is 230 g/mol. The van der Waals surface area contributed by atoms with E-state index in [0.29, 0.717) is 5.92 Å². The van der Waals surface area contributed by atoms with Crippen LogP contribution in [0, 0.1) is 10.1 Å². The van der Waals surface area contributed by atoms with Crippen LogP contribution in [0.1, 0.15) is 30.7 Å². The van der Waals surface area contributed by atoms with Crippen LogP contribution in [0.4, 0.5) is 0 Å². The quantitative estimate of drug-likeness (QED) is 0.466. The third kappa shape index (κ3) is 2.88. The topological polar surface area (TPSA) is 52.4 Å². The Labute approximate surface area is 106 Å². The minimum atomic E-state index is -0.255. The normalized spacial score (nSPS) is 19.2. The van der Waals surface area contributed by atoms with E-state index in [1.54, 1.807) is 7.11 Å². The maximum absolute atomic E-state index is 10.5. The van der Waals surface area contributed by atoms with Crippen molar-refractivity contribution < 1.29 is 9.66 Å². The van der Waals surface area contributed by atoms with E-state index in [1.807, 2.05) is 24.3 Å². The van der Waals surface area contributed by atoms with E-state index in [0.717, 1.165) is 30.6 Å². The number of hydrogen-bond donors (Lipinski definition) is 0. The fourth-order valence-corrected chi connectivity index (χ4v) is 2.48. The van der Waals surface area contributed by atoms with Gasteiger partial charge in [0.15, 0.2) is 0 Å². The number of methoxy groups -OCH3 is 1. The Balaban J connectivity index is 2.09. The van der Waals surface area contributed by atoms with Crippen LogP contribution >= 0.6 is 0 Å². The zero-order chi connectivity index (χ0) is 13.0. The van der Waals surface area contributed by atoms with Crippen molar-refractivity contribution in [1.29, 1.82) is 0 Å². The van der Waals surface area contributed by atoms with Gasteiger partial charge in [-0.1, -0.05) is 24.3 Å². The molecule has 1 atom stereocenters. The fraction of sp³-hybridized carbons (Fsp3) is 0.429. The van der Waals surface area contributed by atoms with Gasteiger partial charge in [-0.2, -0.15) is 0 Å². The summed E-state index contributed by atoms with van der Waals surface area (Å²) in [5.74, 6) is 1.32. The first-order valence-corrected chi connectivity index (χ1v) is 6.13. The van der Waals surface area contributed by atoms with E-state index in [1.165, 1.54) is 5.56 Å². The Morgan fingerprint density at radius 2 is 2.22 bits per heavy atom. The highest BCUT2D eigenvalue weighted by Crippen LogP contribution is 2.36. The third-order valence-electron chi connectivity index (χ3n) is 3.42. The second-order valence-electron chi connectivity index (χ2n) is 4.57. The predicted molar refractivity (Wildman–Crippen MR) is 69.5 cm³/mol. The predicted octanol–water partition coefficient (Wildman–Crippen LogP) is 3.17. The molecule has 0 aromatic heterocycles. The molecule has 1 aromatic rings. The minimum Gasteiger partial charge on any atom is -0.496 e. The van der Waals surface area contributed by atoms with Crippen LogP contribution in [-0.2, 0) is 0 Å². The molecule has 1 aliphatic rings. The van der Waals surface area contributed by atoms with Crippen molar-refractivity contribution in [2.45, 2.75) is 25.2 Å². The molecule has 18 heavy (non-hydrogen) atoms. The highest BCUT2D eigenvalue weighted by Gasteiger charge is 2.20. The Kier molecular flexibility index (Phi) is 3.97. The first kappa shape index (κ1) is 12.6. The van der Waals surface area contributed by atoms with Gasteiger partial charge in [-0.05, 0) is 42.4 Å². The lowest BCUT2D eigenvalue weighted by Gasteiger charge is -2.22. The molecule has 0 fully saturated rings. The average Bonchev–Trinajstić information content (AvgIpc) is 2.39. The van der Waals surface area contributed by atoms with Gasteiger partial charge in [0.2, 0.25) is 6.54 Å². The van der Waals surface area contributed by atoms with Gasteiger partial charge < -0.3 is 4.74 Å². The summed E-state index contributed by atoms with van der Waals surface area (Å²) >= 11 is 0. The first-order valence-electron chi connectivity index (χ1n) is 6.13. The summed E-state index contributed by atoms with van der Waals surface area (Å²) in [6.07, 6.45) is 4.65. The van der Waals surface area contributed by atoms with Crippen molar-refractivity contribution in [2.24, 2.45) is 0 Å². The standard InChI is InChI=1S/C14H17NO3/c1-18-14-5-3-2-4-13(14)12-8-6-11(7-9-12)10-15(16)17/h2-6,12H,7-10H2,1H3. The second kappa shape index (κ2) is 5.67. The zero-order valence-corrected chi connectivity index (χ0v) is 10.5. The number of para-hydroxylation sites is 1. The van der Waals surface area contributed by atoms with Gasteiger partial charge in [0.25, 0.3) is 0 Å². The molecule has 0 saturated carbocycles. The average molecular weight is 247 g/mol. The summed E-state index contributed by atoms with van der Waals surface area (Å²) in [7, 11) is 1.68. The monoisotopic (exact) mass is 247 g/mol. The number of hydrogen-bond acceptors (Lipinski definition) is 3. The lowest BCUT2D eigenvalue weighted by atomic mass is 9.84. The molecule has 0 radical (unpaired) electrons. The maximum Gasteiger partial charge on any atom is 0.224 e. The SMILES string of the molecule is COc1ccccc1C1CC=C(C[N+](=O)[O-])CC1. The number of ether oxygens (including phenoxy) is 1. The van der Waals surface area contributed by atoms with Crippen molar-refractivity contribution >= 4 is 0 Å². The van der Waals surface area contributed by atoms with Crippen LogP contribution in [0.2, 0.25) is 0 Å². The van der Waals surface area contributed by atoms with Crippen LogP contribution in [-0.4, -0.2) is 18.6 Å². The molecule has 0 aliphatic heterocycles. The fourth-order valence-electron chi connectivity index (χ4n) is 2.48. The number of allylic oxidation sites excluding steroid dienone is 1. The van der Waals surface area contributed by atoms with Gasteiger partial charge in [-0.25, -0.2) is 0 Å². The highest BCUT2D eigenvalue weighted by molar-refractivity contribution is 5.37. The molecule has 0 N–H and O–H groups in total. The molecule has 1 unspecified atom stereocenters. The van der Waals surface area contributed by atoms with Crippen LogP contribution in [0.3, 0.4) is 0 Å². The van der Waals surface area contributed by atoms with Crippen LogP contribution in [0.5, 0.6) is 5.75 Å². The van der Waals surface area contributed by atoms with Crippen molar-refractivity contribution in [3.05, 3.63) is 51.6 Å². The van der Waals surface area contributed by atoms with E-state index in [2.05, 4.69) is 6.07 Å². The summed E-state index contributed by atoms with van der Waals surface area (Å²) in [4.78, 5) is 10.2. The van der Waals surface area contributed by atoms with Crippen molar-refractivity contribution in [2.75, 3.05) is 13.7 Å². The molecule has 4 nitrogen and oxygen atoms in total. The summed E-state index contributed by atoms with van der Waals surface area (Å²) in [6, 6.07) is 8.01. The van der Waals surface area contributed by atoms with Gasteiger partial charge >= 0.3 is 0 Å². The van der Waals surface area contributed by atoms with Gasteiger partial charge in [0.05, 0.1) is 7.11 Å². The summed E-state index contributed by atoms with van der Waals surface area (Å²) in [6.45, 7) is -0.0152. The van der Waals surface area contributed by atoms with Crippen molar-refractivity contribution in [3.63, 3.8) is 0 Å². The van der Waals surface area contributed by atoms with E-state index in [9.17, 15) is 10.1 Å².